The average molecular weight is 508 g/mol. The summed E-state index contributed by atoms with van der Waals surface area (Å²) in [4.78, 5) is 33.7. The monoisotopic (exact) mass is 507 g/mol. The number of hydrogen-bond donors (Lipinski definition) is 2. The van der Waals surface area contributed by atoms with Crippen LogP contribution < -0.4 is 4.74 Å². The Hall–Kier alpha value is -3.23. The number of aliphatic hydroxyl groups excluding tert-OH is 1. The molecule has 37 heavy (non-hydrogen) atoms. The summed E-state index contributed by atoms with van der Waals surface area (Å²) in [6, 6.07) is 8.53. The van der Waals surface area contributed by atoms with Crippen LogP contribution in [-0.2, 0) is 6.54 Å². The fraction of sp³-hybridized carbons (Fsp3) is 0.483. The second-order valence-corrected chi connectivity index (χ2v) is 10.3. The number of carboxylic acids is 1. The Labute approximate surface area is 218 Å². The van der Waals surface area contributed by atoms with Crippen LogP contribution in [0.15, 0.2) is 42.6 Å². The number of likely N-dealkylation sites (N-methyl/N-ethyl adjacent to an activating group) is 1. The first-order chi connectivity index (χ1) is 17.8. The van der Waals surface area contributed by atoms with Crippen LogP contribution in [0.5, 0.6) is 5.88 Å². The molecular formula is C29H37N3O5. The maximum Gasteiger partial charge on any atom is 0.336 e. The fourth-order valence-electron chi connectivity index (χ4n) is 5.13. The lowest BCUT2D eigenvalue weighted by Crippen LogP contribution is -2.50. The highest BCUT2D eigenvalue weighted by Crippen LogP contribution is 2.32. The van der Waals surface area contributed by atoms with Gasteiger partial charge in [0.15, 0.2) is 0 Å². The number of ether oxygens (including phenoxy) is 1. The maximum absolute atomic E-state index is 13.7. The number of benzene rings is 1. The number of carboxylic acid groups (broad SMARTS) is 1. The molecule has 8 nitrogen and oxygen atoms in total. The lowest BCUT2D eigenvalue weighted by molar-refractivity contribution is 0.0325. The fourth-order valence-corrected chi connectivity index (χ4v) is 5.13. The van der Waals surface area contributed by atoms with E-state index in [2.05, 4.69) is 11.1 Å². The quantitative estimate of drug-likeness (QED) is 0.555. The molecule has 0 spiro atoms. The molecule has 0 radical (unpaired) electrons. The molecule has 198 valence electrons. The summed E-state index contributed by atoms with van der Waals surface area (Å²) in [5, 5.41) is 19.5. The van der Waals surface area contributed by atoms with Gasteiger partial charge in [0.25, 0.3) is 5.91 Å². The van der Waals surface area contributed by atoms with E-state index in [0.29, 0.717) is 31.1 Å². The Bertz CT molecular complexity index is 1160. The second-order valence-electron chi connectivity index (χ2n) is 10.3. The molecule has 1 aliphatic carbocycles. The Balaban J connectivity index is 1.63. The van der Waals surface area contributed by atoms with Crippen LogP contribution in [0.2, 0.25) is 0 Å². The van der Waals surface area contributed by atoms with Crippen molar-refractivity contribution in [2.45, 2.75) is 58.2 Å². The average Bonchev–Trinajstić information content (AvgIpc) is 2.90. The molecule has 0 unspecified atom stereocenters. The van der Waals surface area contributed by atoms with Crippen LogP contribution in [0.3, 0.4) is 0 Å². The molecule has 1 amide bonds. The third-order valence-electron chi connectivity index (χ3n) is 7.36. The molecule has 8 heteroatoms. The van der Waals surface area contributed by atoms with Gasteiger partial charge in [-0.2, -0.15) is 0 Å². The molecule has 1 aromatic carbocycles. The first-order valence-corrected chi connectivity index (χ1v) is 13.1. The lowest BCUT2D eigenvalue weighted by atomic mass is 9.93. The summed E-state index contributed by atoms with van der Waals surface area (Å²) >= 11 is 0. The van der Waals surface area contributed by atoms with Gasteiger partial charge in [0.2, 0.25) is 5.88 Å². The minimum absolute atomic E-state index is 0.0502. The number of pyridine rings is 1. The van der Waals surface area contributed by atoms with E-state index in [4.69, 9.17) is 4.74 Å². The summed E-state index contributed by atoms with van der Waals surface area (Å²) in [6.45, 7) is 5.12. The number of aromatic nitrogens is 1. The number of carbonyl (C=O) groups is 2. The molecule has 0 saturated heterocycles. The number of carbonyl (C=O) groups excluding carboxylic acids is 1. The van der Waals surface area contributed by atoms with Crippen molar-refractivity contribution in [3.63, 3.8) is 0 Å². The van der Waals surface area contributed by atoms with Crippen LogP contribution in [0.4, 0.5) is 0 Å². The zero-order valence-electron chi connectivity index (χ0n) is 21.9. The molecule has 0 saturated carbocycles. The van der Waals surface area contributed by atoms with Crippen molar-refractivity contribution in [3.05, 3.63) is 64.9 Å². The molecule has 2 heterocycles. The minimum Gasteiger partial charge on any atom is -0.478 e. The van der Waals surface area contributed by atoms with E-state index in [-0.39, 0.29) is 36.1 Å². The van der Waals surface area contributed by atoms with Gasteiger partial charge in [-0.05, 0) is 68.5 Å². The molecule has 1 aromatic heterocycles. The molecule has 3 atom stereocenters. The summed E-state index contributed by atoms with van der Waals surface area (Å²) in [6.07, 6.45) is 8.02. The summed E-state index contributed by atoms with van der Waals surface area (Å²) in [5.41, 5.74) is 3.58. The van der Waals surface area contributed by atoms with Crippen molar-refractivity contribution in [2.24, 2.45) is 5.92 Å². The normalized spacial score (nSPS) is 20.9. The van der Waals surface area contributed by atoms with Crippen molar-refractivity contribution in [1.82, 2.24) is 14.8 Å². The Kier molecular flexibility index (Phi) is 8.61. The van der Waals surface area contributed by atoms with Crippen LogP contribution in [0.1, 0.15) is 71.4 Å². The van der Waals surface area contributed by atoms with Gasteiger partial charge < -0.3 is 19.8 Å². The van der Waals surface area contributed by atoms with Gasteiger partial charge >= 0.3 is 5.97 Å². The number of rotatable bonds is 8. The number of amides is 1. The van der Waals surface area contributed by atoms with Crippen molar-refractivity contribution >= 4 is 17.4 Å². The topological polar surface area (TPSA) is 103 Å². The van der Waals surface area contributed by atoms with E-state index in [1.165, 1.54) is 12.0 Å². The summed E-state index contributed by atoms with van der Waals surface area (Å²) in [7, 11) is 1.93. The molecule has 2 aliphatic rings. The highest BCUT2D eigenvalue weighted by molar-refractivity contribution is 5.97. The summed E-state index contributed by atoms with van der Waals surface area (Å²) in [5.74, 6) is -0.882. The molecular weight excluding hydrogens is 470 g/mol. The van der Waals surface area contributed by atoms with E-state index in [0.717, 1.165) is 30.4 Å². The lowest BCUT2D eigenvalue weighted by Gasteiger charge is -2.38. The standard InChI is InChI=1S/C29H37N3O5/c1-19-15-32(20(2)18-33)28(34)25-13-23(21-9-5-4-6-10-21)14-30-27(25)37-26(19)17-31(3)16-22-11-7-8-12-24(22)29(35)36/h7-9,11-14,19-20,26,33H,4-6,10,15-18H2,1-3H3,(H,35,36)/t19-,20+,26-/m0/s1. The van der Waals surface area contributed by atoms with Crippen molar-refractivity contribution in [1.29, 1.82) is 0 Å². The Morgan fingerprint density at radius 3 is 2.78 bits per heavy atom. The number of aliphatic hydroxyl groups is 1. The van der Waals surface area contributed by atoms with Crippen LogP contribution in [0.25, 0.3) is 5.57 Å². The van der Waals surface area contributed by atoms with Gasteiger partial charge in [-0.3, -0.25) is 9.69 Å². The van der Waals surface area contributed by atoms with Gasteiger partial charge in [-0.1, -0.05) is 31.2 Å². The Morgan fingerprint density at radius 2 is 2.08 bits per heavy atom. The Morgan fingerprint density at radius 1 is 1.30 bits per heavy atom. The zero-order valence-corrected chi connectivity index (χ0v) is 21.9. The third-order valence-corrected chi connectivity index (χ3v) is 7.36. The van der Waals surface area contributed by atoms with E-state index >= 15 is 0 Å². The maximum atomic E-state index is 13.7. The highest BCUT2D eigenvalue weighted by Gasteiger charge is 2.34. The van der Waals surface area contributed by atoms with Gasteiger partial charge in [-0.25, -0.2) is 9.78 Å². The van der Waals surface area contributed by atoms with Crippen LogP contribution in [0, 0.1) is 5.92 Å². The molecule has 2 N–H and O–H groups in total. The van der Waals surface area contributed by atoms with Gasteiger partial charge in [0.05, 0.1) is 18.2 Å². The number of hydrogen-bond acceptors (Lipinski definition) is 6. The van der Waals surface area contributed by atoms with E-state index < -0.39 is 5.97 Å². The predicted molar refractivity (Wildman–Crippen MR) is 142 cm³/mol. The highest BCUT2D eigenvalue weighted by atomic mass is 16.5. The molecule has 2 aromatic rings. The zero-order chi connectivity index (χ0) is 26.5. The predicted octanol–water partition coefficient (Wildman–Crippen LogP) is 4.09. The number of aromatic carboxylic acids is 1. The number of nitrogens with zero attached hydrogens (tertiary/aromatic N) is 3. The molecule has 0 fully saturated rings. The largest absolute Gasteiger partial charge is 0.478 e. The SMILES string of the molecule is C[C@H](CO)N1C[C@H](C)[C@H](CN(C)Cc2ccccc2C(=O)O)Oc2ncc(C3=CCCCC3)cc2C1=O. The van der Waals surface area contributed by atoms with Gasteiger partial charge in [0.1, 0.15) is 11.7 Å². The minimum atomic E-state index is -0.950. The van der Waals surface area contributed by atoms with Crippen LogP contribution >= 0.6 is 0 Å². The van der Waals surface area contributed by atoms with Crippen LogP contribution in [-0.4, -0.2) is 75.8 Å². The molecule has 0 bridgehead atoms. The van der Waals surface area contributed by atoms with E-state index in [1.54, 1.807) is 23.2 Å². The van der Waals surface area contributed by atoms with Crippen molar-refractivity contribution in [3.8, 4) is 5.88 Å². The molecule has 1 aliphatic heterocycles. The van der Waals surface area contributed by atoms with Gasteiger partial charge in [0, 0.05) is 31.7 Å². The van der Waals surface area contributed by atoms with Gasteiger partial charge in [-0.15, -0.1) is 0 Å². The number of fused-ring (bicyclic) bond motifs is 1. The van der Waals surface area contributed by atoms with E-state index in [9.17, 15) is 19.8 Å². The first-order valence-electron chi connectivity index (χ1n) is 13.1. The van der Waals surface area contributed by atoms with Crippen molar-refractivity contribution < 1.29 is 24.5 Å². The third kappa shape index (κ3) is 6.19. The second kappa shape index (κ2) is 11.9. The number of allylic oxidation sites excluding steroid dienone is 2. The molecule has 4 rings (SSSR count). The van der Waals surface area contributed by atoms with E-state index in [1.807, 2.05) is 44.0 Å². The van der Waals surface area contributed by atoms with Crippen molar-refractivity contribution in [2.75, 3.05) is 26.7 Å². The summed E-state index contributed by atoms with van der Waals surface area (Å²) < 4.78 is 6.41. The first kappa shape index (κ1) is 26.8. The smallest absolute Gasteiger partial charge is 0.336 e.